The molecule has 1 saturated carbocycles. The monoisotopic (exact) mass is 293 g/mol. The molecule has 2 rings (SSSR count). The molecule has 0 radical (unpaired) electrons. The summed E-state index contributed by atoms with van der Waals surface area (Å²) in [6.07, 6.45) is 2.15. The van der Waals surface area contributed by atoms with Crippen molar-refractivity contribution in [2.24, 2.45) is 5.92 Å². The first-order valence-corrected chi connectivity index (χ1v) is 7.47. The Bertz CT molecular complexity index is 528. The van der Waals surface area contributed by atoms with Crippen LogP contribution in [0.2, 0.25) is 0 Å². The summed E-state index contributed by atoms with van der Waals surface area (Å²) in [4.78, 5) is 21.8. The average molecular weight is 293 g/mol. The van der Waals surface area contributed by atoms with E-state index in [1.54, 1.807) is 6.92 Å². The SMILES string of the molecule is CCNc1nc(C)c([N+](=O)[O-])c(N(CC(C)C)C2CC2)n1. The molecule has 1 aromatic rings. The highest BCUT2D eigenvalue weighted by molar-refractivity contribution is 5.63. The van der Waals surface area contributed by atoms with Gasteiger partial charge in [-0.05, 0) is 32.6 Å². The fraction of sp³-hybridized carbons (Fsp3) is 0.714. The molecule has 0 saturated heterocycles. The van der Waals surface area contributed by atoms with Gasteiger partial charge in [0, 0.05) is 19.1 Å². The Labute approximate surface area is 124 Å². The smallest absolute Gasteiger partial charge is 0.332 e. The minimum atomic E-state index is -0.365. The summed E-state index contributed by atoms with van der Waals surface area (Å²) < 4.78 is 0. The van der Waals surface area contributed by atoms with Gasteiger partial charge in [-0.15, -0.1) is 0 Å². The standard InChI is InChI=1S/C14H23N5O2/c1-5-15-14-16-10(4)12(19(20)21)13(17-14)18(8-9(2)3)11-6-7-11/h9,11H,5-8H2,1-4H3,(H,15,16,17). The van der Waals surface area contributed by atoms with Crippen LogP contribution in [0.3, 0.4) is 0 Å². The molecule has 116 valence electrons. The highest BCUT2D eigenvalue weighted by Crippen LogP contribution is 2.37. The van der Waals surface area contributed by atoms with Gasteiger partial charge in [-0.2, -0.15) is 4.98 Å². The summed E-state index contributed by atoms with van der Waals surface area (Å²) in [6, 6.07) is 0.370. The molecule has 0 atom stereocenters. The zero-order valence-electron chi connectivity index (χ0n) is 13.1. The van der Waals surface area contributed by atoms with Crippen LogP contribution >= 0.6 is 0 Å². The maximum Gasteiger partial charge on any atom is 0.332 e. The number of rotatable bonds is 7. The van der Waals surface area contributed by atoms with Crippen molar-refractivity contribution in [2.75, 3.05) is 23.3 Å². The third-order valence-corrected chi connectivity index (χ3v) is 3.38. The van der Waals surface area contributed by atoms with Crippen LogP contribution in [0.1, 0.15) is 39.3 Å². The van der Waals surface area contributed by atoms with Crippen LogP contribution in [0.25, 0.3) is 0 Å². The van der Waals surface area contributed by atoms with E-state index in [0.717, 1.165) is 19.4 Å². The van der Waals surface area contributed by atoms with E-state index in [1.165, 1.54) is 0 Å². The number of hydrogen-bond acceptors (Lipinski definition) is 6. The van der Waals surface area contributed by atoms with E-state index in [4.69, 9.17) is 0 Å². The van der Waals surface area contributed by atoms with Gasteiger partial charge in [0.1, 0.15) is 5.69 Å². The van der Waals surface area contributed by atoms with Crippen molar-refractivity contribution in [3.63, 3.8) is 0 Å². The van der Waals surface area contributed by atoms with Crippen molar-refractivity contribution < 1.29 is 4.92 Å². The molecule has 1 heterocycles. The Morgan fingerprint density at radius 2 is 2.10 bits per heavy atom. The lowest BCUT2D eigenvalue weighted by Gasteiger charge is -2.25. The zero-order valence-corrected chi connectivity index (χ0v) is 13.1. The number of nitro groups is 1. The fourth-order valence-electron chi connectivity index (χ4n) is 2.39. The van der Waals surface area contributed by atoms with E-state index in [2.05, 4.69) is 34.0 Å². The van der Waals surface area contributed by atoms with Crippen LogP contribution < -0.4 is 10.2 Å². The maximum atomic E-state index is 11.4. The molecule has 1 fully saturated rings. The predicted molar refractivity (Wildman–Crippen MR) is 82.8 cm³/mol. The summed E-state index contributed by atoms with van der Waals surface area (Å²) in [5, 5.41) is 14.5. The van der Waals surface area contributed by atoms with Gasteiger partial charge in [-0.1, -0.05) is 13.8 Å². The first-order valence-electron chi connectivity index (χ1n) is 7.47. The van der Waals surface area contributed by atoms with Crippen molar-refractivity contribution in [1.82, 2.24) is 9.97 Å². The largest absolute Gasteiger partial charge is 0.354 e. The van der Waals surface area contributed by atoms with Crippen molar-refractivity contribution in [3.8, 4) is 0 Å². The predicted octanol–water partition coefficient (Wildman–Crippen LogP) is 2.75. The Balaban J connectivity index is 2.48. The van der Waals surface area contributed by atoms with Crippen LogP contribution in [0.5, 0.6) is 0 Å². The van der Waals surface area contributed by atoms with Gasteiger partial charge in [-0.25, -0.2) is 4.98 Å². The van der Waals surface area contributed by atoms with Gasteiger partial charge in [0.15, 0.2) is 0 Å². The Morgan fingerprint density at radius 1 is 1.43 bits per heavy atom. The molecule has 1 aliphatic rings. The van der Waals surface area contributed by atoms with Crippen molar-refractivity contribution >= 4 is 17.5 Å². The highest BCUT2D eigenvalue weighted by atomic mass is 16.6. The summed E-state index contributed by atoms with van der Waals surface area (Å²) in [5.41, 5.74) is 0.444. The molecular formula is C14H23N5O2. The molecule has 0 bridgehead atoms. The molecular weight excluding hydrogens is 270 g/mol. The van der Waals surface area contributed by atoms with Crippen LogP contribution in [-0.4, -0.2) is 34.0 Å². The van der Waals surface area contributed by atoms with Crippen molar-refractivity contribution in [1.29, 1.82) is 0 Å². The molecule has 1 aromatic heterocycles. The number of aryl methyl sites for hydroxylation is 1. The Morgan fingerprint density at radius 3 is 2.57 bits per heavy atom. The summed E-state index contributed by atoms with van der Waals surface area (Å²) in [7, 11) is 0. The highest BCUT2D eigenvalue weighted by Gasteiger charge is 2.36. The van der Waals surface area contributed by atoms with E-state index in [1.807, 2.05) is 6.92 Å². The number of aromatic nitrogens is 2. The summed E-state index contributed by atoms with van der Waals surface area (Å²) in [5.74, 6) is 1.34. The Hall–Kier alpha value is -1.92. The summed E-state index contributed by atoms with van der Waals surface area (Å²) >= 11 is 0. The number of nitrogens with one attached hydrogen (secondary N) is 1. The van der Waals surface area contributed by atoms with Crippen molar-refractivity contribution in [2.45, 2.75) is 46.6 Å². The molecule has 7 nitrogen and oxygen atoms in total. The van der Waals surface area contributed by atoms with Crippen LogP contribution in [0.15, 0.2) is 0 Å². The van der Waals surface area contributed by atoms with Gasteiger partial charge in [0.05, 0.1) is 4.92 Å². The molecule has 0 aliphatic heterocycles. The molecule has 1 N–H and O–H groups in total. The van der Waals surface area contributed by atoms with Crippen LogP contribution in [-0.2, 0) is 0 Å². The van der Waals surface area contributed by atoms with E-state index in [-0.39, 0.29) is 10.6 Å². The second-order valence-corrected chi connectivity index (χ2v) is 5.87. The second kappa shape index (κ2) is 6.24. The van der Waals surface area contributed by atoms with Gasteiger partial charge in [0.25, 0.3) is 0 Å². The quantitative estimate of drug-likeness (QED) is 0.614. The van der Waals surface area contributed by atoms with E-state index in [9.17, 15) is 10.1 Å². The zero-order chi connectivity index (χ0) is 15.6. The first-order chi connectivity index (χ1) is 9.93. The molecule has 0 spiro atoms. The molecule has 21 heavy (non-hydrogen) atoms. The third-order valence-electron chi connectivity index (χ3n) is 3.38. The molecule has 1 aliphatic carbocycles. The van der Waals surface area contributed by atoms with Crippen LogP contribution in [0.4, 0.5) is 17.5 Å². The van der Waals surface area contributed by atoms with E-state index in [0.29, 0.717) is 36.0 Å². The molecule has 0 aromatic carbocycles. The summed E-state index contributed by atoms with van der Waals surface area (Å²) in [6.45, 7) is 9.30. The van der Waals surface area contributed by atoms with Gasteiger partial charge < -0.3 is 10.2 Å². The first kappa shape index (κ1) is 15.5. The number of anilines is 2. The molecule has 0 unspecified atom stereocenters. The van der Waals surface area contributed by atoms with E-state index < -0.39 is 0 Å². The fourth-order valence-corrected chi connectivity index (χ4v) is 2.39. The lowest BCUT2D eigenvalue weighted by molar-refractivity contribution is -0.385. The van der Waals surface area contributed by atoms with Crippen LogP contribution in [0, 0.1) is 23.0 Å². The molecule has 0 amide bonds. The van der Waals surface area contributed by atoms with Gasteiger partial charge in [-0.3, -0.25) is 10.1 Å². The minimum absolute atomic E-state index is 0.0317. The lowest BCUT2D eigenvalue weighted by Crippen LogP contribution is -2.32. The Kier molecular flexibility index (Phi) is 4.59. The third kappa shape index (κ3) is 3.59. The number of hydrogen-bond donors (Lipinski definition) is 1. The maximum absolute atomic E-state index is 11.4. The van der Waals surface area contributed by atoms with Gasteiger partial charge >= 0.3 is 5.69 Å². The van der Waals surface area contributed by atoms with Crippen molar-refractivity contribution in [3.05, 3.63) is 15.8 Å². The normalized spacial score (nSPS) is 14.3. The molecule has 7 heteroatoms. The second-order valence-electron chi connectivity index (χ2n) is 5.87. The lowest BCUT2D eigenvalue weighted by atomic mass is 10.2. The van der Waals surface area contributed by atoms with E-state index >= 15 is 0 Å². The number of nitrogens with zero attached hydrogens (tertiary/aromatic N) is 4. The minimum Gasteiger partial charge on any atom is -0.354 e. The van der Waals surface area contributed by atoms with Gasteiger partial charge in [0.2, 0.25) is 11.8 Å². The average Bonchev–Trinajstić information content (AvgIpc) is 3.19. The topological polar surface area (TPSA) is 84.2 Å².